The van der Waals surface area contributed by atoms with Crippen molar-refractivity contribution in [3.05, 3.63) is 113 Å². The Morgan fingerprint density at radius 1 is 0.811 bits per heavy atom. The number of carboxylic acids is 1. The molecule has 0 radical (unpaired) electrons. The zero-order valence-corrected chi connectivity index (χ0v) is 21.3. The number of rotatable bonds is 6. The minimum atomic E-state index is -1.23. The second-order valence-electron chi connectivity index (χ2n) is 9.01. The van der Waals surface area contributed by atoms with Crippen LogP contribution in [0.4, 0.5) is 17.1 Å². The minimum absolute atomic E-state index is 0.219. The molecule has 0 heterocycles. The number of nitrogens with zero attached hydrogens (tertiary/aromatic N) is 4. The Morgan fingerprint density at radius 3 is 2.05 bits per heavy atom. The number of phenols is 1. The molecule has 1 aliphatic rings. The number of azo groups is 1. The third-order valence-corrected chi connectivity index (χ3v) is 5.97. The topological polar surface area (TPSA) is 88.5 Å². The summed E-state index contributed by atoms with van der Waals surface area (Å²) in [6.07, 6.45) is 8.42. The quantitative estimate of drug-likeness (QED) is 0.315. The van der Waals surface area contributed by atoms with Crippen molar-refractivity contribution in [3.8, 4) is 5.75 Å². The van der Waals surface area contributed by atoms with Gasteiger partial charge in [0.25, 0.3) is 0 Å². The van der Waals surface area contributed by atoms with Crippen LogP contribution in [0.1, 0.15) is 21.5 Å². The fourth-order valence-electron chi connectivity index (χ4n) is 3.95. The van der Waals surface area contributed by atoms with Crippen molar-refractivity contribution in [3.63, 3.8) is 0 Å². The first-order valence-corrected chi connectivity index (χ1v) is 11.7. The van der Waals surface area contributed by atoms with E-state index in [9.17, 15) is 15.0 Å². The highest BCUT2D eigenvalue weighted by Gasteiger charge is 2.14. The SMILES string of the molecule is CN(C)c1ccc(C(=C2C=CC(=[N+](C)C)C=C2)c2cccc(N=Nc3ccc(O)c(C(=O)O)c3)c2)cc1. The van der Waals surface area contributed by atoms with Crippen LogP contribution in [0.25, 0.3) is 5.57 Å². The maximum Gasteiger partial charge on any atom is 0.339 e. The fourth-order valence-corrected chi connectivity index (χ4v) is 3.95. The molecular weight excluding hydrogens is 464 g/mol. The first kappa shape index (κ1) is 25.3. The van der Waals surface area contributed by atoms with Gasteiger partial charge >= 0.3 is 5.97 Å². The molecule has 7 nitrogen and oxygen atoms in total. The van der Waals surface area contributed by atoms with E-state index in [0.29, 0.717) is 11.4 Å². The molecule has 0 bridgehead atoms. The highest BCUT2D eigenvalue weighted by Crippen LogP contribution is 2.33. The van der Waals surface area contributed by atoms with Gasteiger partial charge < -0.3 is 15.1 Å². The van der Waals surface area contributed by atoms with Crippen LogP contribution in [-0.2, 0) is 0 Å². The fraction of sp³-hybridized carbons (Fsp3) is 0.133. The molecule has 2 N–H and O–H groups in total. The van der Waals surface area contributed by atoms with E-state index in [1.54, 1.807) is 0 Å². The summed E-state index contributed by atoms with van der Waals surface area (Å²) < 4.78 is 2.06. The van der Waals surface area contributed by atoms with Gasteiger partial charge in [-0.3, -0.25) is 0 Å². The van der Waals surface area contributed by atoms with E-state index >= 15 is 0 Å². The van der Waals surface area contributed by atoms with Crippen molar-refractivity contribution in [1.29, 1.82) is 0 Å². The third kappa shape index (κ3) is 5.90. The van der Waals surface area contributed by atoms with Crippen LogP contribution < -0.4 is 4.90 Å². The number of hydrogen-bond donors (Lipinski definition) is 2. The highest BCUT2D eigenvalue weighted by atomic mass is 16.4. The van der Waals surface area contributed by atoms with Crippen molar-refractivity contribution in [2.45, 2.75) is 0 Å². The van der Waals surface area contributed by atoms with Gasteiger partial charge in [-0.1, -0.05) is 24.3 Å². The maximum absolute atomic E-state index is 11.3. The van der Waals surface area contributed by atoms with Gasteiger partial charge in [-0.15, -0.1) is 0 Å². The van der Waals surface area contributed by atoms with Gasteiger partial charge in [-0.2, -0.15) is 10.2 Å². The number of aromatic carboxylic acids is 1. The summed E-state index contributed by atoms with van der Waals surface area (Å²) in [4.78, 5) is 13.4. The van der Waals surface area contributed by atoms with Gasteiger partial charge in [0.1, 0.15) is 25.4 Å². The molecule has 3 aromatic carbocycles. The average Bonchev–Trinajstić information content (AvgIpc) is 2.89. The zero-order valence-electron chi connectivity index (χ0n) is 21.3. The van der Waals surface area contributed by atoms with Crippen LogP contribution in [0.5, 0.6) is 5.75 Å². The van der Waals surface area contributed by atoms with E-state index in [0.717, 1.165) is 33.7 Å². The van der Waals surface area contributed by atoms with Crippen molar-refractivity contribution in [2.75, 3.05) is 33.1 Å². The molecule has 0 saturated heterocycles. The molecule has 0 aliphatic heterocycles. The van der Waals surface area contributed by atoms with E-state index in [1.165, 1.54) is 18.2 Å². The highest BCUT2D eigenvalue weighted by molar-refractivity contribution is 6.04. The maximum atomic E-state index is 11.3. The van der Waals surface area contributed by atoms with Crippen LogP contribution >= 0.6 is 0 Å². The molecule has 1 aliphatic carbocycles. The Labute approximate surface area is 216 Å². The Bertz CT molecular complexity index is 1470. The largest absolute Gasteiger partial charge is 0.507 e. The molecule has 186 valence electrons. The van der Waals surface area contributed by atoms with E-state index in [4.69, 9.17) is 0 Å². The molecule has 4 rings (SSSR count). The molecule has 0 saturated carbocycles. The molecule has 0 atom stereocenters. The van der Waals surface area contributed by atoms with Crippen LogP contribution in [-0.4, -0.2) is 54.7 Å². The summed E-state index contributed by atoms with van der Waals surface area (Å²) >= 11 is 0. The van der Waals surface area contributed by atoms with Crippen molar-refractivity contribution < 1.29 is 19.6 Å². The second kappa shape index (κ2) is 10.9. The number of allylic oxidation sites excluding steroid dienone is 5. The number of hydrogen-bond acceptors (Lipinski definition) is 5. The number of anilines is 1. The normalized spacial score (nSPS) is 12.8. The predicted molar refractivity (Wildman–Crippen MR) is 148 cm³/mol. The summed E-state index contributed by atoms with van der Waals surface area (Å²) in [5.41, 5.74) is 7.14. The monoisotopic (exact) mass is 493 g/mol. The van der Waals surface area contributed by atoms with Gasteiger partial charge in [0, 0.05) is 31.9 Å². The van der Waals surface area contributed by atoms with Gasteiger partial charge in [0.05, 0.1) is 11.4 Å². The molecule has 7 heteroatoms. The van der Waals surface area contributed by atoms with E-state index < -0.39 is 5.97 Å². The predicted octanol–water partition coefficient (Wildman–Crippen LogP) is 6.21. The minimum Gasteiger partial charge on any atom is -0.507 e. The Morgan fingerprint density at radius 2 is 1.46 bits per heavy atom. The summed E-state index contributed by atoms with van der Waals surface area (Å²) in [7, 11) is 8.06. The summed E-state index contributed by atoms with van der Waals surface area (Å²) in [5.74, 6) is -1.54. The van der Waals surface area contributed by atoms with Crippen molar-refractivity contribution in [2.24, 2.45) is 10.2 Å². The number of carbonyl (C=O) groups is 1. The molecule has 0 unspecified atom stereocenters. The average molecular weight is 494 g/mol. The van der Waals surface area contributed by atoms with Crippen molar-refractivity contribution >= 4 is 34.3 Å². The Balaban J connectivity index is 1.76. The van der Waals surface area contributed by atoms with E-state index in [-0.39, 0.29) is 11.3 Å². The smallest absolute Gasteiger partial charge is 0.339 e. The molecule has 0 aromatic heterocycles. The molecule has 3 aromatic rings. The Kier molecular flexibility index (Phi) is 7.44. The molecule has 0 spiro atoms. The van der Waals surface area contributed by atoms with Crippen LogP contribution in [0.2, 0.25) is 0 Å². The summed E-state index contributed by atoms with van der Waals surface area (Å²) in [6.45, 7) is 0. The van der Waals surface area contributed by atoms with E-state index in [1.807, 2.05) is 52.5 Å². The van der Waals surface area contributed by atoms with Gasteiger partial charge in [-0.25, -0.2) is 9.37 Å². The lowest BCUT2D eigenvalue weighted by atomic mass is 9.90. The molecule has 0 fully saturated rings. The lowest BCUT2D eigenvalue weighted by molar-refractivity contribution is -0.462. The van der Waals surface area contributed by atoms with Gasteiger partial charge in [-0.05, 0) is 76.9 Å². The van der Waals surface area contributed by atoms with Gasteiger partial charge in [0.15, 0.2) is 5.71 Å². The molecule has 0 amide bonds. The first-order chi connectivity index (χ1) is 17.7. The lowest BCUT2D eigenvalue weighted by Crippen LogP contribution is -2.10. The van der Waals surface area contributed by atoms with Crippen LogP contribution in [0.15, 0.2) is 107 Å². The van der Waals surface area contributed by atoms with Crippen LogP contribution in [0.3, 0.4) is 0 Å². The Hall–Kier alpha value is -4.78. The number of carboxylic acid groups (broad SMARTS) is 1. The molecular formula is C30H29N4O3+. The zero-order chi connectivity index (χ0) is 26.5. The van der Waals surface area contributed by atoms with Crippen LogP contribution in [0, 0.1) is 0 Å². The summed E-state index contributed by atoms with van der Waals surface area (Å²) in [6, 6.07) is 20.3. The van der Waals surface area contributed by atoms with Crippen molar-refractivity contribution in [1.82, 2.24) is 0 Å². The number of aromatic hydroxyl groups is 1. The summed E-state index contributed by atoms with van der Waals surface area (Å²) in [5, 5.41) is 27.5. The van der Waals surface area contributed by atoms with E-state index in [2.05, 4.69) is 68.3 Å². The third-order valence-electron chi connectivity index (χ3n) is 5.97. The lowest BCUT2D eigenvalue weighted by Gasteiger charge is -2.16. The standard InChI is InChI=1S/C30H28N4O3/c1-33(2)25-13-8-20(9-14-25)29(21-10-15-26(16-11-21)34(3)4)22-6-5-7-23(18-22)31-32-24-12-17-28(35)27(19-24)30(36)37/h5-19H,1-4H3,(H-,31,35,36,37)/p+1. The first-order valence-electron chi connectivity index (χ1n) is 11.7. The molecule has 37 heavy (non-hydrogen) atoms. The van der Waals surface area contributed by atoms with Gasteiger partial charge in [0.2, 0.25) is 0 Å². The second-order valence-corrected chi connectivity index (χ2v) is 9.01. The number of benzene rings is 3.